The fourth-order valence-corrected chi connectivity index (χ4v) is 1.74. The number of hydrogen-bond acceptors (Lipinski definition) is 4. The minimum atomic E-state index is -0.650. The second kappa shape index (κ2) is 5.50. The molecule has 0 aromatic heterocycles. The summed E-state index contributed by atoms with van der Waals surface area (Å²) in [5, 5.41) is 14.7. The number of piperazine rings is 1. The zero-order chi connectivity index (χ0) is 13.0. The van der Waals surface area contributed by atoms with Crippen LogP contribution in [0.5, 0.6) is 5.75 Å². The van der Waals surface area contributed by atoms with Crippen LogP contribution in [0.3, 0.4) is 0 Å². The number of anilines is 1. The topological polar surface area (TPSA) is 81.7 Å². The summed E-state index contributed by atoms with van der Waals surface area (Å²) in [6.45, 7) is 2.50. The van der Waals surface area contributed by atoms with Crippen molar-refractivity contribution in [1.82, 2.24) is 10.2 Å². The van der Waals surface area contributed by atoms with Crippen molar-refractivity contribution < 1.29 is 14.7 Å². The number of nitrogens with zero attached hydrogens (tertiary/aromatic N) is 1. The minimum Gasteiger partial charge on any atom is -0.508 e. The van der Waals surface area contributed by atoms with Crippen LogP contribution in [0.2, 0.25) is 0 Å². The summed E-state index contributed by atoms with van der Waals surface area (Å²) in [6.07, 6.45) is 0. The Bertz CT molecular complexity index is 438. The number of phenols is 1. The highest BCUT2D eigenvalue weighted by atomic mass is 16.3. The van der Waals surface area contributed by atoms with Gasteiger partial charge in [-0.25, -0.2) is 0 Å². The maximum absolute atomic E-state index is 11.8. The van der Waals surface area contributed by atoms with Gasteiger partial charge in [-0.3, -0.25) is 9.59 Å². The Morgan fingerprint density at radius 3 is 2.39 bits per heavy atom. The molecular weight excluding hydrogens is 234 g/mol. The van der Waals surface area contributed by atoms with Crippen molar-refractivity contribution in [1.29, 1.82) is 0 Å². The van der Waals surface area contributed by atoms with Crippen LogP contribution in [-0.4, -0.2) is 48.0 Å². The van der Waals surface area contributed by atoms with E-state index < -0.39 is 11.8 Å². The molecule has 0 spiro atoms. The monoisotopic (exact) mass is 249 g/mol. The summed E-state index contributed by atoms with van der Waals surface area (Å²) >= 11 is 0. The van der Waals surface area contributed by atoms with Crippen LogP contribution in [0.15, 0.2) is 24.3 Å². The maximum atomic E-state index is 11.8. The first kappa shape index (κ1) is 12.4. The molecule has 1 fully saturated rings. The summed E-state index contributed by atoms with van der Waals surface area (Å²) < 4.78 is 0. The standard InChI is InChI=1S/C12H15N3O3/c16-10-3-1-9(2-4-10)14-11(17)12(18)15-7-5-13-6-8-15/h1-4,13,16H,5-8H2,(H,14,17). The highest BCUT2D eigenvalue weighted by Crippen LogP contribution is 2.13. The van der Waals surface area contributed by atoms with Crippen molar-refractivity contribution >= 4 is 17.5 Å². The quantitative estimate of drug-likeness (QED) is 0.474. The highest BCUT2D eigenvalue weighted by Gasteiger charge is 2.22. The fourth-order valence-electron chi connectivity index (χ4n) is 1.74. The lowest BCUT2D eigenvalue weighted by molar-refractivity contribution is -0.143. The molecule has 2 rings (SSSR count). The van der Waals surface area contributed by atoms with Gasteiger partial charge < -0.3 is 20.6 Å². The second-order valence-electron chi connectivity index (χ2n) is 4.04. The molecular formula is C12H15N3O3. The highest BCUT2D eigenvalue weighted by molar-refractivity contribution is 6.39. The lowest BCUT2D eigenvalue weighted by Gasteiger charge is -2.26. The van der Waals surface area contributed by atoms with Crippen LogP contribution in [0, 0.1) is 0 Å². The Morgan fingerprint density at radius 2 is 1.78 bits per heavy atom. The Hall–Kier alpha value is -2.08. The zero-order valence-electron chi connectivity index (χ0n) is 9.85. The van der Waals surface area contributed by atoms with Gasteiger partial charge in [-0.15, -0.1) is 0 Å². The average molecular weight is 249 g/mol. The molecule has 0 atom stereocenters. The molecule has 6 nitrogen and oxygen atoms in total. The van der Waals surface area contributed by atoms with E-state index in [9.17, 15) is 9.59 Å². The molecule has 6 heteroatoms. The smallest absolute Gasteiger partial charge is 0.313 e. The lowest BCUT2D eigenvalue weighted by atomic mass is 10.3. The molecule has 3 N–H and O–H groups in total. The molecule has 0 bridgehead atoms. The number of rotatable bonds is 1. The fraction of sp³-hybridized carbons (Fsp3) is 0.333. The normalized spacial score (nSPS) is 15.2. The van der Waals surface area contributed by atoms with Crippen LogP contribution >= 0.6 is 0 Å². The summed E-state index contributed by atoms with van der Waals surface area (Å²) in [7, 11) is 0. The van der Waals surface area contributed by atoms with E-state index in [4.69, 9.17) is 5.11 Å². The average Bonchev–Trinajstić information content (AvgIpc) is 2.41. The third kappa shape index (κ3) is 2.98. The third-order valence-electron chi connectivity index (χ3n) is 2.72. The van der Waals surface area contributed by atoms with Gasteiger partial charge in [0.15, 0.2) is 0 Å². The third-order valence-corrected chi connectivity index (χ3v) is 2.72. The van der Waals surface area contributed by atoms with Crippen LogP contribution in [0.4, 0.5) is 5.69 Å². The number of phenolic OH excluding ortho intramolecular Hbond substituents is 1. The number of benzene rings is 1. The van der Waals surface area contributed by atoms with Gasteiger partial charge in [-0.2, -0.15) is 0 Å². The number of aromatic hydroxyl groups is 1. The van der Waals surface area contributed by atoms with Gasteiger partial charge in [0.25, 0.3) is 0 Å². The van der Waals surface area contributed by atoms with Crippen molar-refractivity contribution in [3.8, 4) is 5.75 Å². The molecule has 18 heavy (non-hydrogen) atoms. The molecule has 0 aliphatic carbocycles. The zero-order valence-corrected chi connectivity index (χ0v) is 9.85. The molecule has 0 radical (unpaired) electrons. The molecule has 2 amide bonds. The number of carbonyl (C=O) groups excluding carboxylic acids is 2. The minimum absolute atomic E-state index is 0.112. The van der Waals surface area contributed by atoms with Gasteiger partial charge in [0.2, 0.25) is 0 Å². The molecule has 1 saturated heterocycles. The van der Waals surface area contributed by atoms with Crippen LogP contribution < -0.4 is 10.6 Å². The van der Waals surface area contributed by atoms with Crippen molar-refractivity contribution in [2.45, 2.75) is 0 Å². The summed E-state index contributed by atoms with van der Waals surface area (Å²) in [5.74, 6) is -1.06. The number of hydrogen-bond donors (Lipinski definition) is 3. The first-order valence-electron chi connectivity index (χ1n) is 5.77. The van der Waals surface area contributed by atoms with Crippen LogP contribution in [-0.2, 0) is 9.59 Å². The molecule has 96 valence electrons. The Labute approximate surface area is 105 Å². The number of amides is 2. The van der Waals surface area contributed by atoms with Gasteiger partial charge in [0.05, 0.1) is 0 Å². The van der Waals surface area contributed by atoms with E-state index in [0.29, 0.717) is 31.9 Å². The predicted molar refractivity (Wildman–Crippen MR) is 66.2 cm³/mol. The van der Waals surface area contributed by atoms with Crippen LogP contribution in [0.1, 0.15) is 0 Å². The molecule has 1 aromatic rings. The van der Waals surface area contributed by atoms with Gasteiger partial charge in [-0.05, 0) is 24.3 Å². The first-order valence-corrected chi connectivity index (χ1v) is 5.77. The van der Waals surface area contributed by atoms with Crippen molar-refractivity contribution in [3.05, 3.63) is 24.3 Å². The van der Waals surface area contributed by atoms with Crippen LogP contribution in [0.25, 0.3) is 0 Å². The van der Waals surface area contributed by atoms with Gasteiger partial charge in [0, 0.05) is 31.9 Å². The molecule has 0 unspecified atom stereocenters. The van der Waals surface area contributed by atoms with E-state index >= 15 is 0 Å². The molecule has 1 heterocycles. The molecule has 1 aliphatic rings. The van der Waals surface area contributed by atoms with Gasteiger partial charge in [0.1, 0.15) is 5.75 Å². The van der Waals surface area contributed by atoms with E-state index in [-0.39, 0.29) is 5.75 Å². The van der Waals surface area contributed by atoms with Crippen molar-refractivity contribution in [3.63, 3.8) is 0 Å². The lowest BCUT2D eigenvalue weighted by Crippen LogP contribution is -2.49. The second-order valence-corrected chi connectivity index (χ2v) is 4.04. The molecule has 1 aliphatic heterocycles. The van der Waals surface area contributed by atoms with E-state index in [0.717, 1.165) is 0 Å². The van der Waals surface area contributed by atoms with E-state index in [1.54, 1.807) is 0 Å². The maximum Gasteiger partial charge on any atom is 0.313 e. The van der Waals surface area contributed by atoms with E-state index in [1.165, 1.54) is 29.2 Å². The van der Waals surface area contributed by atoms with Crippen molar-refractivity contribution in [2.24, 2.45) is 0 Å². The number of nitrogens with one attached hydrogen (secondary N) is 2. The Kier molecular flexibility index (Phi) is 3.78. The van der Waals surface area contributed by atoms with Crippen molar-refractivity contribution in [2.75, 3.05) is 31.5 Å². The predicted octanol–water partition coefficient (Wildman–Crippen LogP) is -0.238. The van der Waals surface area contributed by atoms with Gasteiger partial charge >= 0.3 is 11.8 Å². The van der Waals surface area contributed by atoms with E-state index in [2.05, 4.69) is 10.6 Å². The molecule has 0 saturated carbocycles. The Morgan fingerprint density at radius 1 is 1.17 bits per heavy atom. The Balaban J connectivity index is 1.94. The largest absolute Gasteiger partial charge is 0.508 e. The summed E-state index contributed by atoms with van der Waals surface area (Å²) in [4.78, 5) is 25.0. The van der Waals surface area contributed by atoms with Gasteiger partial charge in [-0.1, -0.05) is 0 Å². The first-order chi connectivity index (χ1) is 8.66. The molecule has 1 aromatic carbocycles. The summed E-state index contributed by atoms with van der Waals surface area (Å²) in [5.41, 5.74) is 0.487. The SMILES string of the molecule is O=C(Nc1ccc(O)cc1)C(=O)N1CCNCC1. The summed E-state index contributed by atoms with van der Waals surface area (Å²) in [6, 6.07) is 5.98. The van der Waals surface area contributed by atoms with E-state index in [1.807, 2.05) is 0 Å². The number of carbonyl (C=O) groups is 2.